The number of nitrogens with two attached hydrogens (primary N) is 1. The van der Waals surface area contributed by atoms with Crippen LogP contribution in [0.3, 0.4) is 0 Å². The summed E-state index contributed by atoms with van der Waals surface area (Å²) in [5.74, 6) is 6.88. The number of alkyl halides is 1. The molecule has 2 atom stereocenters. The Bertz CT molecular complexity index is 714. The lowest BCUT2D eigenvalue weighted by Gasteiger charge is -2.34. The highest BCUT2D eigenvalue weighted by Crippen LogP contribution is 2.27. The van der Waals surface area contributed by atoms with Gasteiger partial charge in [0, 0.05) is 31.9 Å². The molecule has 2 fully saturated rings. The summed E-state index contributed by atoms with van der Waals surface area (Å²) in [6.07, 6.45) is 0. The number of likely N-dealkylation sites (N-methyl/N-ethyl adjacent to an activating group) is 1. The van der Waals surface area contributed by atoms with E-state index < -0.39 is 0 Å². The average Bonchev–Trinajstić information content (AvgIpc) is 3.01. The van der Waals surface area contributed by atoms with Gasteiger partial charge in [0.1, 0.15) is 17.4 Å². The molecule has 8 heteroatoms. The van der Waals surface area contributed by atoms with Gasteiger partial charge in [0.25, 0.3) is 0 Å². The normalized spacial score (nSPS) is 27.0. The SMILES string of the molecule is CN1CCN(c2ccc3nc(C4COCC(Cl)N4N)[nH]c3c2)CC1. The summed E-state index contributed by atoms with van der Waals surface area (Å²) in [4.78, 5) is 12.8. The number of benzene rings is 1. The molecule has 2 aliphatic heterocycles. The highest BCUT2D eigenvalue weighted by atomic mass is 35.5. The van der Waals surface area contributed by atoms with Gasteiger partial charge in [-0.1, -0.05) is 0 Å². The third-order valence-corrected chi connectivity index (χ3v) is 5.23. The summed E-state index contributed by atoms with van der Waals surface area (Å²) in [6, 6.07) is 6.21. The molecule has 1 aromatic heterocycles. The Labute approximate surface area is 146 Å². The summed E-state index contributed by atoms with van der Waals surface area (Å²) in [7, 11) is 2.16. The summed E-state index contributed by atoms with van der Waals surface area (Å²) in [5.41, 5.74) is 2.85. The topological polar surface area (TPSA) is 73.7 Å². The summed E-state index contributed by atoms with van der Waals surface area (Å²) < 4.78 is 5.52. The number of H-pyrrole nitrogens is 1. The van der Waals surface area contributed by atoms with Gasteiger partial charge in [-0.3, -0.25) is 5.84 Å². The Balaban J connectivity index is 1.59. The first-order chi connectivity index (χ1) is 11.6. The number of imidazole rings is 1. The summed E-state index contributed by atoms with van der Waals surface area (Å²) >= 11 is 6.17. The smallest absolute Gasteiger partial charge is 0.128 e. The molecule has 2 saturated heterocycles. The third kappa shape index (κ3) is 2.98. The molecule has 0 radical (unpaired) electrons. The van der Waals surface area contributed by atoms with E-state index in [0.29, 0.717) is 13.2 Å². The number of anilines is 1. The number of hydrogen-bond donors (Lipinski definition) is 2. The number of nitrogens with zero attached hydrogens (tertiary/aromatic N) is 4. The van der Waals surface area contributed by atoms with Gasteiger partial charge in [0.15, 0.2) is 0 Å². The predicted molar refractivity (Wildman–Crippen MR) is 95.0 cm³/mol. The highest BCUT2D eigenvalue weighted by molar-refractivity contribution is 6.20. The lowest BCUT2D eigenvalue weighted by molar-refractivity contribution is -0.0269. The van der Waals surface area contributed by atoms with Crippen molar-refractivity contribution in [1.29, 1.82) is 0 Å². The summed E-state index contributed by atoms with van der Waals surface area (Å²) in [5, 5.41) is 1.62. The number of morpholine rings is 1. The van der Waals surface area contributed by atoms with Crippen LogP contribution in [-0.4, -0.2) is 71.8 Å². The maximum absolute atomic E-state index is 6.17. The molecule has 2 aromatic rings. The molecular formula is C16H23ClN6O. The van der Waals surface area contributed by atoms with Gasteiger partial charge in [-0.2, -0.15) is 0 Å². The molecule has 1 aromatic carbocycles. The number of nitrogens with one attached hydrogen (secondary N) is 1. The maximum atomic E-state index is 6.17. The number of rotatable bonds is 2. The molecule has 0 bridgehead atoms. The fourth-order valence-corrected chi connectivity index (χ4v) is 3.53. The molecule has 0 saturated carbocycles. The van der Waals surface area contributed by atoms with Crippen LogP contribution in [0.15, 0.2) is 18.2 Å². The van der Waals surface area contributed by atoms with Crippen LogP contribution in [0.1, 0.15) is 11.9 Å². The van der Waals surface area contributed by atoms with E-state index in [0.717, 1.165) is 43.0 Å². The van der Waals surface area contributed by atoms with E-state index in [9.17, 15) is 0 Å². The molecule has 0 aliphatic carbocycles. The van der Waals surface area contributed by atoms with E-state index in [1.54, 1.807) is 5.01 Å². The van der Waals surface area contributed by atoms with Gasteiger partial charge >= 0.3 is 0 Å². The monoisotopic (exact) mass is 350 g/mol. The van der Waals surface area contributed by atoms with E-state index in [1.165, 1.54) is 5.69 Å². The van der Waals surface area contributed by atoms with Crippen LogP contribution in [-0.2, 0) is 4.74 Å². The molecule has 2 aliphatic rings. The van der Waals surface area contributed by atoms with Gasteiger partial charge in [-0.25, -0.2) is 9.99 Å². The molecule has 3 N–H and O–H groups in total. The van der Waals surface area contributed by atoms with E-state index in [-0.39, 0.29) is 11.5 Å². The molecule has 0 spiro atoms. The first kappa shape index (κ1) is 16.1. The molecule has 3 heterocycles. The molecular weight excluding hydrogens is 328 g/mol. The second-order valence-electron chi connectivity index (χ2n) is 6.55. The third-order valence-electron chi connectivity index (χ3n) is 4.88. The van der Waals surface area contributed by atoms with E-state index in [1.807, 2.05) is 0 Å². The lowest BCUT2D eigenvalue weighted by Crippen LogP contribution is -2.49. The Morgan fingerprint density at radius 3 is 2.83 bits per heavy atom. The van der Waals surface area contributed by atoms with Crippen LogP contribution in [0.2, 0.25) is 0 Å². The zero-order chi connectivity index (χ0) is 16.7. The maximum Gasteiger partial charge on any atom is 0.128 e. The van der Waals surface area contributed by atoms with Crippen molar-refractivity contribution >= 4 is 28.3 Å². The van der Waals surface area contributed by atoms with Crippen molar-refractivity contribution in [3.63, 3.8) is 0 Å². The highest BCUT2D eigenvalue weighted by Gasteiger charge is 2.31. The van der Waals surface area contributed by atoms with E-state index in [2.05, 4.69) is 45.0 Å². The molecule has 4 rings (SSSR count). The lowest BCUT2D eigenvalue weighted by atomic mass is 10.2. The van der Waals surface area contributed by atoms with Crippen molar-refractivity contribution in [2.45, 2.75) is 11.5 Å². The van der Waals surface area contributed by atoms with Crippen LogP contribution in [0, 0.1) is 0 Å². The summed E-state index contributed by atoms with van der Waals surface area (Å²) in [6.45, 7) is 5.19. The minimum atomic E-state index is -0.335. The van der Waals surface area contributed by atoms with Crippen molar-refractivity contribution in [1.82, 2.24) is 19.9 Å². The van der Waals surface area contributed by atoms with Crippen molar-refractivity contribution in [2.75, 3.05) is 51.3 Å². The number of fused-ring (bicyclic) bond motifs is 1. The predicted octanol–water partition coefficient (Wildman–Crippen LogP) is 1.13. The van der Waals surface area contributed by atoms with Crippen molar-refractivity contribution < 1.29 is 4.74 Å². The van der Waals surface area contributed by atoms with Gasteiger partial charge in [-0.05, 0) is 25.2 Å². The number of hydrogen-bond acceptors (Lipinski definition) is 6. The molecule has 130 valence electrons. The Morgan fingerprint density at radius 2 is 2.04 bits per heavy atom. The Kier molecular flexibility index (Phi) is 4.36. The van der Waals surface area contributed by atoms with E-state index in [4.69, 9.17) is 22.2 Å². The van der Waals surface area contributed by atoms with Crippen LogP contribution < -0.4 is 10.7 Å². The standard InChI is InChI=1S/C16H23ClN6O/c1-21-4-6-22(7-5-21)11-2-3-12-13(8-11)20-16(19-12)14-9-24-10-15(17)23(14)18/h2-3,8,14-15H,4-7,9-10,18H2,1H3,(H,19,20). The molecule has 7 nitrogen and oxygen atoms in total. The first-order valence-corrected chi connectivity index (χ1v) is 8.73. The van der Waals surface area contributed by atoms with Crippen molar-refractivity contribution in [3.8, 4) is 0 Å². The fraction of sp³-hybridized carbons (Fsp3) is 0.562. The molecule has 24 heavy (non-hydrogen) atoms. The van der Waals surface area contributed by atoms with Gasteiger partial charge in [-0.15, -0.1) is 11.6 Å². The first-order valence-electron chi connectivity index (χ1n) is 8.30. The number of piperazine rings is 1. The average molecular weight is 351 g/mol. The number of halogens is 1. The van der Waals surface area contributed by atoms with Gasteiger partial charge in [0.05, 0.1) is 24.2 Å². The zero-order valence-electron chi connectivity index (χ0n) is 13.8. The van der Waals surface area contributed by atoms with Crippen LogP contribution >= 0.6 is 11.6 Å². The van der Waals surface area contributed by atoms with Crippen molar-refractivity contribution in [3.05, 3.63) is 24.0 Å². The minimum Gasteiger partial charge on any atom is -0.376 e. The Hall–Kier alpha value is -1.38. The van der Waals surface area contributed by atoms with Gasteiger partial charge < -0.3 is 19.5 Å². The quantitative estimate of drug-likeness (QED) is 0.480. The number of ether oxygens (including phenoxy) is 1. The second kappa shape index (κ2) is 6.50. The Morgan fingerprint density at radius 1 is 1.25 bits per heavy atom. The minimum absolute atomic E-state index is 0.152. The van der Waals surface area contributed by atoms with Crippen LogP contribution in [0.5, 0.6) is 0 Å². The number of hydrazine groups is 1. The zero-order valence-corrected chi connectivity index (χ0v) is 14.5. The van der Waals surface area contributed by atoms with Crippen molar-refractivity contribution in [2.24, 2.45) is 5.84 Å². The largest absolute Gasteiger partial charge is 0.376 e. The fourth-order valence-electron chi connectivity index (χ4n) is 3.30. The number of aromatic amines is 1. The molecule has 0 amide bonds. The number of aromatic nitrogens is 2. The molecule has 2 unspecified atom stereocenters. The van der Waals surface area contributed by atoms with E-state index >= 15 is 0 Å². The second-order valence-corrected chi connectivity index (χ2v) is 7.05. The van der Waals surface area contributed by atoms with Gasteiger partial charge in [0.2, 0.25) is 0 Å². The van der Waals surface area contributed by atoms with Crippen LogP contribution in [0.4, 0.5) is 5.69 Å². The van der Waals surface area contributed by atoms with Crippen LogP contribution in [0.25, 0.3) is 11.0 Å².